The van der Waals surface area contributed by atoms with Crippen LogP contribution in [0.1, 0.15) is 41.5 Å². The zero-order chi connectivity index (χ0) is 18.2. The van der Waals surface area contributed by atoms with Crippen LogP contribution in [0.3, 0.4) is 0 Å². The molecule has 0 N–H and O–H groups in total. The number of aliphatic carboxylic acids is 3. The van der Waals surface area contributed by atoms with Crippen LogP contribution in [0, 0.1) is 0 Å². The smallest absolute Gasteiger partial charge is 0.846 e. The topological polar surface area (TPSA) is 190 Å². The molecule has 0 radical (unpaired) electrons. The van der Waals surface area contributed by atoms with Crippen molar-refractivity contribution in [3.8, 4) is 0 Å². The van der Waals surface area contributed by atoms with Gasteiger partial charge in [-0.1, -0.05) is 58.3 Å². The molecule has 0 aromatic rings. The molecule has 11 heteroatoms. The molecule has 0 aliphatic heterocycles. The summed E-state index contributed by atoms with van der Waals surface area (Å²) >= 11 is 0. The van der Waals surface area contributed by atoms with Gasteiger partial charge in [-0.05, 0) is 0 Å². The molecule has 0 aliphatic carbocycles. The zero-order valence-corrected chi connectivity index (χ0v) is 16.1. The van der Waals surface area contributed by atoms with Crippen LogP contribution in [0.5, 0.6) is 0 Å². The van der Waals surface area contributed by atoms with Crippen LogP contribution in [0.25, 0.3) is 0 Å². The monoisotopic (exact) mass is 360 g/mol. The number of carboxylic acids is 3. The Balaban J connectivity index is -0.0000000675. The SMILES string of the molecule is CC(C)([O-])C(=O)[O-].CC(C)([O-])C(=O)[O-].CC(C)([O-])C(=O)[O-].[Al+3].[Al+3]. The Bertz CT molecular complexity index is 305. The Kier molecular flexibility index (Phi) is 18.7. The Hall–Kier alpha value is -0.645. The molecule has 126 valence electrons. The van der Waals surface area contributed by atoms with E-state index in [0.29, 0.717) is 0 Å². The van der Waals surface area contributed by atoms with Crippen molar-refractivity contribution in [3.05, 3.63) is 0 Å². The van der Waals surface area contributed by atoms with Crippen LogP contribution in [-0.4, -0.2) is 69.4 Å². The fourth-order valence-corrected chi connectivity index (χ4v) is 0. The van der Waals surface area contributed by atoms with Gasteiger partial charge in [-0.2, -0.15) is 0 Å². The van der Waals surface area contributed by atoms with E-state index >= 15 is 0 Å². The van der Waals surface area contributed by atoms with Crippen molar-refractivity contribution in [1.29, 1.82) is 0 Å². The van der Waals surface area contributed by atoms with Gasteiger partial charge >= 0.3 is 34.7 Å². The van der Waals surface area contributed by atoms with E-state index in [-0.39, 0.29) is 34.7 Å². The first-order valence-electron chi connectivity index (χ1n) is 5.59. The van der Waals surface area contributed by atoms with Crippen molar-refractivity contribution in [2.45, 2.75) is 58.3 Å². The molecular weight excluding hydrogens is 342 g/mol. The molecule has 0 fully saturated rings. The van der Waals surface area contributed by atoms with Gasteiger partial charge in [-0.15, -0.1) is 0 Å². The molecule has 0 aromatic carbocycles. The minimum Gasteiger partial charge on any atom is -0.846 e. The summed E-state index contributed by atoms with van der Waals surface area (Å²) in [6.45, 7) is 6.26. The summed E-state index contributed by atoms with van der Waals surface area (Å²) < 4.78 is 0. The second-order valence-electron chi connectivity index (χ2n) is 5.39. The van der Waals surface area contributed by atoms with Crippen molar-refractivity contribution in [2.24, 2.45) is 0 Å². The van der Waals surface area contributed by atoms with E-state index in [0.717, 1.165) is 41.5 Å². The maximum absolute atomic E-state index is 10.1. The minimum atomic E-state index is -1.94. The van der Waals surface area contributed by atoms with Crippen LogP contribution < -0.4 is 30.6 Å². The summed E-state index contributed by atoms with van der Waals surface area (Å²) in [5, 5.41) is 59.2. The summed E-state index contributed by atoms with van der Waals surface area (Å²) in [6.07, 6.45) is 0. The van der Waals surface area contributed by atoms with Crippen LogP contribution >= 0.6 is 0 Å². The maximum Gasteiger partial charge on any atom is 3.00 e. The van der Waals surface area contributed by atoms with Gasteiger partial charge in [0, 0.05) is 17.9 Å². The van der Waals surface area contributed by atoms with E-state index in [4.69, 9.17) is 0 Å². The summed E-state index contributed by atoms with van der Waals surface area (Å²) in [4.78, 5) is 28.8. The molecule has 0 saturated heterocycles. The molecule has 0 bridgehead atoms. The molecule has 0 saturated carbocycles. The average Bonchev–Trinajstić information content (AvgIpc) is 2.14. The first-order chi connectivity index (χ1) is 8.83. The van der Waals surface area contributed by atoms with E-state index < -0.39 is 34.7 Å². The first-order valence-corrected chi connectivity index (χ1v) is 5.59. The standard InChI is InChI=1S/3C4H7O3.2Al/c3*1-4(2,7)3(5)6;;/h3*1-2H3,(H,5,6);;/q3*-1;2*+3/p-3. The predicted molar refractivity (Wildman–Crippen MR) is 68.8 cm³/mol. The molecule has 0 rings (SSSR count). The number of carboxylic acid groups (broad SMARTS) is 3. The van der Waals surface area contributed by atoms with E-state index in [1.807, 2.05) is 0 Å². The van der Waals surface area contributed by atoms with E-state index in [1.54, 1.807) is 0 Å². The molecular formula is C12H18Al2O9. The van der Waals surface area contributed by atoms with Crippen molar-refractivity contribution >= 4 is 52.6 Å². The van der Waals surface area contributed by atoms with Gasteiger partial charge < -0.3 is 45.0 Å². The van der Waals surface area contributed by atoms with Gasteiger partial charge in [0.25, 0.3) is 0 Å². The van der Waals surface area contributed by atoms with Gasteiger partial charge in [0.2, 0.25) is 0 Å². The molecule has 0 atom stereocenters. The second kappa shape index (κ2) is 12.7. The summed E-state index contributed by atoms with van der Waals surface area (Å²) in [5.74, 6) is -4.69. The van der Waals surface area contributed by atoms with E-state index in [1.165, 1.54) is 0 Å². The first kappa shape index (κ1) is 33.8. The largest absolute Gasteiger partial charge is 3.00 e. The van der Waals surface area contributed by atoms with Crippen LogP contribution in [-0.2, 0) is 14.4 Å². The Morgan fingerprint density at radius 2 is 0.565 bits per heavy atom. The van der Waals surface area contributed by atoms with Gasteiger partial charge in [-0.25, -0.2) is 0 Å². The van der Waals surface area contributed by atoms with Crippen LogP contribution in [0.4, 0.5) is 0 Å². The molecule has 9 nitrogen and oxygen atoms in total. The average molecular weight is 360 g/mol. The molecule has 0 amide bonds. The maximum atomic E-state index is 10.1. The molecule has 23 heavy (non-hydrogen) atoms. The third-order valence-electron chi connectivity index (χ3n) is 1.47. The number of hydrogen-bond acceptors (Lipinski definition) is 9. The number of carbonyl (C=O) groups excluding carboxylic acids is 3. The third kappa shape index (κ3) is 26.6. The fourth-order valence-electron chi connectivity index (χ4n) is 0. The van der Waals surface area contributed by atoms with Gasteiger partial charge in [0.15, 0.2) is 0 Å². The van der Waals surface area contributed by atoms with Crippen molar-refractivity contribution in [1.82, 2.24) is 0 Å². The Morgan fingerprint density at radius 1 is 0.522 bits per heavy atom. The number of hydrogen-bond donors (Lipinski definition) is 0. The predicted octanol–water partition coefficient (Wildman–Crippen LogP) is -7.14. The van der Waals surface area contributed by atoms with E-state index in [2.05, 4.69) is 0 Å². The van der Waals surface area contributed by atoms with Gasteiger partial charge in [-0.3, -0.25) is 0 Å². The van der Waals surface area contributed by atoms with Crippen LogP contribution in [0.15, 0.2) is 0 Å². The minimum absolute atomic E-state index is 0. The quantitative estimate of drug-likeness (QED) is 0.440. The van der Waals surface area contributed by atoms with Gasteiger partial charge in [0.1, 0.15) is 0 Å². The van der Waals surface area contributed by atoms with Crippen LogP contribution in [0.2, 0.25) is 0 Å². The number of carbonyl (C=O) groups is 3. The summed E-state index contributed by atoms with van der Waals surface area (Å²) in [5.41, 5.74) is -5.83. The third-order valence-corrected chi connectivity index (χ3v) is 1.47. The fraction of sp³-hybridized carbons (Fsp3) is 0.750. The summed E-state index contributed by atoms with van der Waals surface area (Å²) in [7, 11) is 0. The van der Waals surface area contributed by atoms with E-state index in [9.17, 15) is 45.0 Å². The van der Waals surface area contributed by atoms with Gasteiger partial charge in [0.05, 0.1) is 0 Å². The normalized spacial score (nSPS) is 10.3. The molecule has 0 aliphatic rings. The Morgan fingerprint density at radius 3 is 0.565 bits per heavy atom. The molecule has 0 heterocycles. The molecule has 0 spiro atoms. The molecule has 0 unspecified atom stereocenters. The van der Waals surface area contributed by atoms with Crippen molar-refractivity contribution < 1.29 is 45.0 Å². The zero-order valence-electron chi connectivity index (χ0n) is 13.8. The van der Waals surface area contributed by atoms with Crippen molar-refractivity contribution in [3.63, 3.8) is 0 Å². The molecule has 0 aromatic heterocycles. The second-order valence-corrected chi connectivity index (χ2v) is 5.39. The summed E-state index contributed by atoms with van der Waals surface area (Å²) in [6, 6.07) is 0. The van der Waals surface area contributed by atoms with Crippen molar-refractivity contribution in [2.75, 3.05) is 0 Å². The number of rotatable bonds is 3. The Labute approximate surface area is 156 Å².